The highest BCUT2D eigenvalue weighted by molar-refractivity contribution is 7.12. The Kier molecular flexibility index (Phi) is 6.39. The van der Waals surface area contributed by atoms with Crippen molar-refractivity contribution in [2.24, 2.45) is 0 Å². The molecule has 1 atom stereocenters. The van der Waals surface area contributed by atoms with Crippen LogP contribution in [0.5, 0.6) is 5.75 Å². The first kappa shape index (κ1) is 20.9. The van der Waals surface area contributed by atoms with Gasteiger partial charge in [-0.3, -0.25) is 14.5 Å². The molecule has 0 N–H and O–H groups in total. The molecule has 0 aliphatic carbocycles. The van der Waals surface area contributed by atoms with Crippen LogP contribution in [-0.4, -0.2) is 72.4 Å². The maximum Gasteiger partial charge on any atom is 0.264 e. The fraction of sp³-hybridized carbons (Fsp3) is 0.478. The molecule has 160 valence electrons. The van der Waals surface area contributed by atoms with Gasteiger partial charge in [-0.25, -0.2) is 0 Å². The number of carbonyl (C=O) groups excluding carboxylic acids is 2. The highest BCUT2D eigenvalue weighted by Gasteiger charge is 2.38. The second kappa shape index (κ2) is 9.18. The molecule has 1 aromatic heterocycles. The van der Waals surface area contributed by atoms with Crippen molar-refractivity contribution in [2.45, 2.75) is 32.4 Å². The van der Waals surface area contributed by atoms with Crippen molar-refractivity contribution in [1.82, 2.24) is 14.7 Å². The molecule has 4 rings (SSSR count). The standard InChI is InChI=1S/C23H29N3O3S/c1-17-7-8-20(29-2)18(15-17)16-24-10-12-25(13-11-24)22(27)19-5-3-9-26(19)23(28)21-6-4-14-30-21/h4,6-8,14-15,19H,3,5,9-13,16H2,1-2H3/t19-/m1/s1. The summed E-state index contributed by atoms with van der Waals surface area (Å²) in [6, 6.07) is 9.65. The van der Waals surface area contributed by atoms with Crippen LogP contribution in [0.15, 0.2) is 35.7 Å². The third-order valence-corrected chi connectivity index (χ3v) is 6.90. The molecule has 7 heteroatoms. The van der Waals surface area contributed by atoms with E-state index >= 15 is 0 Å². The fourth-order valence-corrected chi connectivity index (χ4v) is 5.10. The lowest BCUT2D eigenvalue weighted by Crippen LogP contribution is -2.54. The van der Waals surface area contributed by atoms with Crippen LogP contribution in [0.4, 0.5) is 0 Å². The van der Waals surface area contributed by atoms with Crippen molar-refractivity contribution in [2.75, 3.05) is 39.8 Å². The Morgan fingerprint density at radius 3 is 2.63 bits per heavy atom. The molecule has 0 bridgehead atoms. The number of ether oxygens (including phenoxy) is 1. The van der Waals surface area contributed by atoms with E-state index in [0.29, 0.717) is 24.5 Å². The van der Waals surface area contributed by atoms with Crippen molar-refractivity contribution >= 4 is 23.2 Å². The number of aryl methyl sites for hydroxylation is 1. The molecule has 2 aliphatic heterocycles. The zero-order valence-electron chi connectivity index (χ0n) is 17.7. The molecule has 2 saturated heterocycles. The lowest BCUT2D eigenvalue weighted by molar-refractivity contribution is -0.137. The normalized spacial score (nSPS) is 19.9. The summed E-state index contributed by atoms with van der Waals surface area (Å²) in [5, 5.41) is 1.91. The van der Waals surface area contributed by atoms with E-state index in [2.05, 4.69) is 24.0 Å². The van der Waals surface area contributed by atoms with Gasteiger partial charge in [-0.2, -0.15) is 0 Å². The number of hydrogen-bond donors (Lipinski definition) is 0. The maximum absolute atomic E-state index is 13.2. The Morgan fingerprint density at radius 1 is 1.13 bits per heavy atom. The highest BCUT2D eigenvalue weighted by atomic mass is 32.1. The molecule has 2 amide bonds. The van der Waals surface area contributed by atoms with Crippen molar-refractivity contribution < 1.29 is 14.3 Å². The van der Waals surface area contributed by atoms with E-state index in [0.717, 1.165) is 38.2 Å². The van der Waals surface area contributed by atoms with Crippen LogP contribution in [0.3, 0.4) is 0 Å². The summed E-state index contributed by atoms with van der Waals surface area (Å²) in [6.07, 6.45) is 1.65. The summed E-state index contributed by atoms with van der Waals surface area (Å²) in [5.74, 6) is 1.00. The van der Waals surface area contributed by atoms with E-state index in [1.807, 2.05) is 28.5 Å². The predicted octanol–water partition coefficient (Wildman–Crippen LogP) is 3.01. The number of nitrogens with zero attached hydrogens (tertiary/aromatic N) is 3. The first-order valence-electron chi connectivity index (χ1n) is 10.6. The molecule has 30 heavy (non-hydrogen) atoms. The van der Waals surface area contributed by atoms with Crippen LogP contribution in [0.2, 0.25) is 0 Å². The second-order valence-electron chi connectivity index (χ2n) is 8.05. The summed E-state index contributed by atoms with van der Waals surface area (Å²) < 4.78 is 5.51. The zero-order valence-corrected chi connectivity index (χ0v) is 18.5. The monoisotopic (exact) mass is 427 g/mol. The van der Waals surface area contributed by atoms with Gasteiger partial charge in [0.1, 0.15) is 11.8 Å². The number of thiophene rings is 1. The molecule has 0 saturated carbocycles. The van der Waals surface area contributed by atoms with Gasteiger partial charge in [0, 0.05) is 44.8 Å². The molecule has 3 heterocycles. The van der Waals surface area contributed by atoms with E-state index in [-0.39, 0.29) is 17.9 Å². The minimum absolute atomic E-state index is 0.00831. The largest absolute Gasteiger partial charge is 0.496 e. The molecule has 2 fully saturated rings. The molecular weight excluding hydrogens is 398 g/mol. The number of likely N-dealkylation sites (tertiary alicyclic amines) is 1. The van der Waals surface area contributed by atoms with E-state index in [1.165, 1.54) is 22.5 Å². The van der Waals surface area contributed by atoms with Gasteiger partial charge in [0.2, 0.25) is 5.91 Å². The predicted molar refractivity (Wildman–Crippen MR) is 118 cm³/mol. The molecular formula is C23H29N3O3S. The minimum Gasteiger partial charge on any atom is -0.496 e. The number of methoxy groups -OCH3 is 1. The average molecular weight is 428 g/mol. The Hall–Kier alpha value is -2.38. The van der Waals surface area contributed by atoms with Crippen LogP contribution in [-0.2, 0) is 11.3 Å². The summed E-state index contributed by atoms with van der Waals surface area (Å²) in [4.78, 5) is 32.8. The van der Waals surface area contributed by atoms with Gasteiger partial charge >= 0.3 is 0 Å². The Morgan fingerprint density at radius 2 is 1.93 bits per heavy atom. The SMILES string of the molecule is COc1ccc(C)cc1CN1CCN(C(=O)[C@H]2CCCN2C(=O)c2cccs2)CC1. The summed E-state index contributed by atoms with van der Waals surface area (Å²) in [6.45, 7) is 6.63. The van der Waals surface area contributed by atoms with Crippen LogP contribution in [0, 0.1) is 6.92 Å². The number of benzene rings is 1. The van der Waals surface area contributed by atoms with Gasteiger partial charge < -0.3 is 14.5 Å². The highest BCUT2D eigenvalue weighted by Crippen LogP contribution is 2.25. The molecule has 0 radical (unpaired) electrons. The average Bonchev–Trinajstić information content (AvgIpc) is 3.46. The molecule has 2 aliphatic rings. The quantitative estimate of drug-likeness (QED) is 0.736. The lowest BCUT2D eigenvalue weighted by Gasteiger charge is -2.37. The van der Waals surface area contributed by atoms with E-state index in [4.69, 9.17) is 4.74 Å². The lowest BCUT2D eigenvalue weighted by atomic mass is 10.1. The number of carbonyl (C=O) groups is 2. The zero-order chi connectivity index (χ0) is 21.1. The van der Waals surface area contributed by atoms with Gasteiger partial charge in [-0.1, -0.05) is 23.8 Å². The number of piperazine rings is 1. The molecule has 6 nitrogen and oxygen atoms in total. The van der Waals surface area contributed by atoms with Crippen LogP contribution in [0.1, 0.15) is 33.6 Å². The maximum atomic E-state index is 13.2. The molecule has 1 aromatic carbocycles. The third kappa shape index (κ3) is 4.37. The first-order chi connectivity index (χ1) is 14.6. The van der Waals surface area contributed by atoms with Gasteiger partial charge in [0.15, 0.2) is 0 Å². The Labute approximate surface area is 182 Å². The smallest absolute Gasteiger partial charge is 0.264 e. The third-order valence-electron chi connectivity index (χ3n) is 6.04. The van der Waals surface area contributed by atoms with Crippen LogP contribution in [0.25, 0.3) is 0 Å². The van der Waals surface area contributed by atoms with E-state index < -0.39 is 0 Å². The van der Waals surface area contributed by atoms with Crippen molar-refractivity contribution in [1.29, 1.82) is 0 Å². The van der Waals surface area contributed by atoms with E-state index in [1.54, 1.807) is 12.0 Å². The topological polar surface area (TPSA) is 53.1 Å². The minimum atomic E-state index is -0.317. The van der Waals surface area contributed by atoms with Crippen molar-refractivity contribution in [3.63, 3.8) is 0 Å². The van der Waals surface area contributed by atoms with Gasteiger partial charge in [0.25, 0.3) is 5.91 Å². The number of hydrogen-bond acceptors (Lipinski definition) is 5. The van der Waals surface area contributed by atoms with Gasteiger partial charge in [-0.05, 0) is 37.3 Å². The Balaban J connectivity index is 1.35. The number of rotatable bonds is 5. The van der Waals surface area contributed by atoms with Crippen LogP contribution >= 0.6 is 11.3 Å². The Bertz CT molecular complexity index is 891. The fourth-order valence-electron chi connectivity index (χ4n) is 4.42. The molecule has 0 spiro atoms. The summed E-state index contributed by atoms with van der Waals surface area (Å²) in [5.41, 5.74) is 2.40. The summed E-state index contributed by atoms with van der Waals surface area (Å²) in [7, 11) is 1.70. The first-order valence-corrected chi connectivity index (χ1v) is 11.4. The van der Waals surface area contributed by atoms with E-state index in [9.17, 15) is 9.59 Å². The van der Waals surface area contributed by atoms with Gasteiger partial charge in [-0.15, -0.1) is 11.3 Å². The molecule has 2 aromatic rings. The summed E-state index contributed by atoms with van der Waals surface area (Å²) >= 11 is 1.44. The van der Waals surface area contributed by atoms with Gasteiger partial charge in [0.05, 0.1) is 12.0 Å². The second-order valence-corrected chi connectivity index (χ2v) is 9.00. The van der Waals surface area contributed by atoms with Crippen LogP contribution < -0.4 is 4.74 Å². The van der Waals surface area contributed by atoms with Crippen molar-refractivity contribution in [3.05, 3.63) is 51.7 Å². The van der Waals surface area contributed by atoms with Crippen molar-refractivity contribution in [3.8, 4) is 5.75 Å². The molecule has 0 unspecified atom stereocenters. The number of amides is 2.